The van der Waals surface area contributed by atoms with E-state index in [1.54, 1.807) is 7.11 Å². The lowest BCUT2D eigenvalue weighted by molar-refractivity contribution is -0.114. The number of aldehydes is 1. The summed E-state index contributed by atoms with van der Waals surface area (Å²) in [5, 5.41) is 0.0992. The third kappa shape index (κ3) is 8.19. The number of carbonyl (C=O) groups is 1. The minimum atomic E-state index is -1.95. The van der Waals surface area contributed by atoms with E-state index in [4.69, 9.17) is 13.9 Å². The maximum atomic E-state index is 11.6. The number of hydrogen-bond acceptors (Lipinski definition) is 4. The van der Waals surface area contributed by atoms with Crippen molar-refractivity contribution in [2.45, 2.75) is 83.4 Å². The third-order valence-corrected chi connectivity index (χ3v) is 10.9. The Bertz CT molecular complexity index is 797. The van der Waals surface area contributed by atoms with Gasteiger partial charge in [0.1, 0.15) is 18.1 Å². The van der Waals surface area contributed by atoms with Crippen LogP contribution in [0.3, 0.4) is 0 Å². The molecule has 0 N–H and O–H groups in total. The molecule has 0 aliphatic heterocycles. The zero-order chi connectivity index (χ0) is 23.6. The predicted octanol–water partition coefficient (Wildman–Crippen LogP) is 7.10. The monoisotopic (exact) mass is 456 g/mol. The molecule has 0 aliphatic carbocycles. The van der Waals surface area contributed by atoms with Crippen LogP contribution in [0.2, 0.25) is 18.1 Å². The lowest BCUT2D eigenvalue weighted by Crippen LogP contribution is -2.44. The van der Waals surface area contributed by atoms with Crippen molar-refractivity contribution in [2.24, 2.45) is 0 Å². The zero-order valence-electron chi connectivity index (χ0n) is 20.6. The molecule has 0 saturated carbocycles. The second-order valence-electron chi connectivity index (χ2n) is 9.90. The van der Waals surface area contributed by atoms with E-state index in [0.717, 1.165) is 43.3 Å². The normalized spacial score (nSPS) is 14.1. The van der Waals surface area contributed by atoms with E-state index in [1.165, 1.54) is 5.56 Å². The quantitative estimate of drug-likeness (QED) is 0.183. The Labute approximate surface area is 195 Å². The molecule has 2 aromatic carbocycles. The van der Waals surface area contributed by atoms with Crippen LogP contribution in [0.25, 0.3) is 0 Å². The van der Waals surface area contributed by atoms with E-state index >= 15 is 0 Å². The molecular formula is C27H40O4Si. The number of ether oxygens (including phenoxy) is 2. The average molecular weight is 457 g/mol. The summed E-state index contributed by atoms with van der Waals surface area (Å²) >= 11 is 0. The molecule has 0 fully saturated rings. The second-order valence-corrected chi connectivity index (χ2v) is 14.7. The van der Waals surface area contributed by atoms with Crippen molar-refractivity contribution in [3.8, 4) is 5.75 Å². The van der Waals surface area contributed by atoms with Gasteiger partial charge in [-0.25, -0.2) is 0 Å². The van der Waals surface area contributed by atoms with Crippen LogP contribution >= 0.6 is 0 Å². The van der Waals surface area contributed by atoms with Crippen LogP contribution in [0.1, 0.15) is 63.7 Å². The van der Waals surface area contributed by atoms with E-state index in [-0.39, 0.29) is 17.2 Å². The first-order chi connectivity index (χ1) is 15.2. The molecule has 0 saturated heterocycles. The standard InChI is InChI=1S/C27H40O4Si/c1-27(2,3)32(5,6)31-25(20-28)14-10-11-15-26(23-12-8-7-9-13-23)30-21-22-16-18-24(29-4)19-17-22/h7-9,12-13,16-20,25-26H,10-11,14-15,21H2,1-6H3/t25-,26-/m0/s1. The lowest BCUT2D eigenvalue weighted by Gasteiger charge is -2.38. The molecule has 0 spiro atoms. The summed E-state index contributed by atoms with van der Waals surface area (Å²) in [6.07, 6.45) is 4.28. The Morgan fingerprint density at radius 2 is 1.56 bits per heavy atom. The highest BCUT2D eigenvalue weighted by molar-refractivity contribution is 6.74. The Balaban J connectivity index is 1.90. The van der Waals surface area contributed by atoms with Crippen LogP contribution in [0.4, 0.5) is 0 Å². The predicted molar refractivity (Wildman–Crippen MR) is 134 cm³/mol. The van der Waals surface area contributed by atoms with Gasteiger partial charge >= 0.3 is 0 Å². The molecule has 176 valence electrons. The summed E-state index contributed by atoms with van der Waals surface area (Å²) < 4.78 is 17.8. The highest BCUT2D eigenvalue weighted by atomic mass is 28.4. The van der Waals surface area contributed by atoms with Gasteiger partial charge in [0, 0.05) is 0 Å². The first kappa shape index (κ1) is 26.3. The molecule has 0 heterocycles. The van der Waals surface area contributed by atoms with E-state index in [0.29, 0.717) is 6.61 Å². The number of methoxy groups -OCH3 is 1. The van der Waals surface area contributed by atoms with Crippen LogP contribution in [-0.2, 0) is 20.6 Å². The number of unbranched alkanes of at least 4 members (excludes halogenated alkanes) is 1. The van der Waals surface area contributed by atoms with Gasteiger partial charge in [0.2, 0.25) is 0 Å². The summed E-state index contributed by atoms with van der Waals surface area (Å²) in [7, 11) is -0.275. The van der Waals surface area contributed by atoms with Gasteiger partial charge < -0.3 is 18.7 Å². The van der Waals surface area contributed by atoms with Gasteiger partial charge in [-0.3, -0.25) is 0 Å². The molecule has 5 heteroatoms. The van der Waals surface area contributed by atoms with Gasteiger partial charge in [-0.05, 0) is 54.2 Å². The van der Waals surface area contributed by atoms with Crippen LogP contribution in [-0.4, -0.2) is 27.8 Å². The molecule has 0 amide bonds. The molecule has 2 aromatic rings. The average Bonchev–Trinajstić information content (AvgIpc) is 2.77. The number of carbonyl (C=O) groups excluding carboxylic acids is 1. The lowest BCUT2D eigenvalue weighted by atomic mass is 10.0. The highest BCUT2D eigenvalue weighted by Crippen LogP contribution is 2.37. The maximum Gasteiger partial charge on any atom is 0.193 e. The molecule has 4 nitrogen and oxygen atoms in total. The van der Waals surface area contributed by atoms with Gasteiger partial charge in [-0.15, -0.1) is 0 Å². The van der Waals surface area contributed by atoms with Gasteiger partial charge in [0.15, 0.2) is 8.32 Å². The van der Waals surface area contributed by atoms with E-state index in [9.17, 15) is 4.79 Å². The Kier molecular flexibility index (Phi) is 10.1. The summed E-state index contributed by atoms with van der Waals surface area (Å²) in [5.41, 5.74) is 2.31. The summed E-state index contributed by atoms with van der Waals surface area (Å²) in [5.74, 6) is 0.845. The fraction of sp³-hybridized carbons (Fsp3) is 0.519. The van der Waals surface area contributed by atoms with Crippen molar-refractivity contribution in [2.75, 3.05) is 7.11 Å². The topological polar surface area (TPSA) is 44.8 Å². The molecule has 2 atom stereocenters. The number of rotatable bonds is 13. The Morgan fingerprint density at radius 3 is 2.12 bits per heavy atom. The molecule has 0 bridgehead atoms. The zero-order valence-corrected chi connectivity index (χ0v) is 21.6. The van der Waals surface area contributed by atoms with Gasteiger partial charge in [0.05, 0.1) is 19.8 Å². The van der Waals surface area contributed by atoms with Crippen molar-refractivity contribution >= 4 is 14.6 Å². The van der Waals surface area contributed by atoms with Crippen molar-refractivity contribution < 1.29 is 18.7 Å². The van der Waals surface area contributed by atoms with Crippen LogP contribution in [0.15, 0.2) is 54.6 Å². The first-order valence-corrected chi connectivity index (χ1v) is 14.5. The van der Waals surface area contributed by atoms with Crippen molar-refractivity contribution in [1.29, 1.82) is 0 Å². The van der Waals surface area contributed by atoms with Crippen LogP contribution < -0.4 is 4.74 Å². The molecular weight excluding hydrogens is 416 g/mol. The Hall–Kier alpha value is -1.95. The minimum absolute atomic E-state index is 0.0225. The molecule has 2 rings (SSSR count). The molecule has 0 radical (unpaired) electrons. The van der Waals surface area contributed by atoms with E-state index in [2.05, 4.69) is 58.1 Å². The van der Waals surface area contributed by atoms with Crippen LogP contribution in [0, 0.1) is 0 Å². The van der Waals surface area contributed by atoms with Gasteiger partial charge in [-0.1, -0.05) is 76.1 Å². The van der Waals surface area contributed by atoms with Crippen LogP contribution in [0.5, 0.6) is 5.75 Å². The molecule has 32 heavy (non-hydrogen) atoms. The molecule has 0 aromatic heterocycles. The minimum Gasteiger partial charge on any atom is -0.497 e. The highest BCUT2D eigenvalue weighted by Gasteiger charge is 2.39. The molecule has 0 unspecified atom stereocenters. The number of benzene rings is 2. The van der Waals surface area contributed by atoms with Gasteiger partial charge in [-0.2, -0.15) is 0 Å². The smallest absolute Gasteiger partial charge is 0.193 e. The van der Waals surface area contributed by atoms with Gasteiger partial charge in [0.25, 0.3) is 0 Å². The Morgan fingerprint density at radius 1 is 0.938 bits per heavy atom. The fourth-order valence-corrected chi connectivity index (χ4v) is 4.60. The van der Waals surface area contributed by atoms with E-state index in [1.807, 2.05) is 30.3 Å². The largest absolute Gasteiger partial charge is 0.497 e. The summed E-state index contributed by atoms with van der Waals surface area (Å²) in [6.45, 7) is 11.5. The van der Waals surface area contributed by atoms with E-state index < -0.39 is 8.32 Å². The van der Waals surface area contributed by atoms with Crippen molar-refractivity contribution in [3.63, 3.8) is 0 Å². The fourth-order valence-electron chi connectivity index (χ4n) is 3.32. The number of hydrogen-bond donors (Lipinski definition) is 0. The maximum absolute atomic E-state index is 11.6. The first-order valence-electron chi connectivity index (χ1n) is 11.6. The summed E-state index contributed by atoms with van der Waals surface area (Å²) in [6, 6.07) is 18.3. The second kappa shape index (κ2) is 12.3. The van der Waals surface area contributed by atoms with Crippen molar-refractivity contribution in [3.05, 3.63) is 65.7 Å². The van der Waals surface area contributed by atoms with Crippen molar-refractivity contribution in [1.82, 2.24) is 0 Å². The third-order valence-electron chi connectivity index (χ3n) is 6.39. The SMILES string of the molecule is COc1ccc(CO[C@@H](CCCC[C@@H](C=O)O[Si](C)(C)C(C)(C)C)c2ccccc2)cc1. The summed E-state index contributed by atoms with van der Waals surface area (Å²) in [4.78, 5) is 11.6. The molecule has 0 aliphatic rings.